The minimum Gasteiger partial charge on any atom is -0.502 e. The number of hydrogen-bond acceptors (Lipinski definition) is 4. The summed E-state index contributed by atoms with van der Waals surface area (Å²) in [5.41, 5.74) is 2.11. The van der Waals surface area contributed by atoms with E-state index < -0.39 is 17.5 Å². The van der Waals surface area contributed by atoms with Crippen LogP contribution in [0.25, 0.3) is 0 Å². The third kappa shape index (κ3) is 3.55. The van der Waals surface area contributed by atoms with Crippen molar-refractivity contribution < 1.29 is 19.8 Å². The predicted molar refractivity (Wildman–Crippen MR) is 76.2 cm³/mol. The van der Waals surface area contributed by atoms with Gasteiger partial charge in [-0.1, -0.05) is 30.3 Å². The molecule has 5 heteroatoms. The highest BCUT2D eigenvalue weighted by molar-refractivity contribution is 7.12. The Kier molecular flexibility index (Phi) is 4.32. The number of carboxylic acid groups (broad SMARTS) is 1. The van der Waals surface area contributed by atoms with Crippen LogP contribution in [0.15, 0.2) is 53.6 Å². The van der Waals surface area contributed by atoms with Gasteiger partial charge >= 0.3 is 5.97 Å². The van der Waals surface area contributed by atoms with Gasteiger partial charge in [-0.25, -0.2) is 4.79 Å². The van der Waals surface area contributed by atoms with Crippen LogP contribution in [-0.2, 0) is 11.2 Å². The molecule has 2 rings (SSSR count). The maximum Gasteiger partial charge on any atom is 0.371 e. The average Bonchev–Trinajstić information content (AvgIpc) is 2.88. The second-order valence-electron chi connectivity index (χ2n) is 4.18. The minimum atomic E-state index is -1.51. The molecule has 0 amide bonds. The molecule has 2 N–H and O–H groups in total. The van der Waals surface area contributed by atoms with Gasteiger partial charge in [-0.2, -0.15) is 0 Å². The van der Waals surface area contributed by atoms with Crippen molar-refractivity contribution in [2.24, 2.45) is 0 Å². The van der Waals surface area contributed by atoms with Crippen LogP contribution in [0.3, 0.4) is 0 Å². The van der Waals surface area contributed by atoms with Crippen LogP contribution < -0.4 is 0 Å². The lowest BCUT2D eigenvalue weighted by molar-refractivity contribution is -0.135. The third-order valence-electron chi connectivity index (χ3n) is 2.63. The summed E-state index contributed by atoms with van der Waals surface area (Å²) in [4.78, 5) is 22.6. The smallest absolute Gasteiger partial charge is 0.371 e. The summed E-state index contributed by atoms with van der Waals surface area (Å²) in [6, 6.07) is 11.5. The summed E-state index contributed by atoms with van der Waals surface area (Å²) in [5, 5.41) is 19.4. The van der Waals surface area contributed by atoms with Gasteiger partial charge in [0.15, 0.2) is 5.78 Å². The molecule has 0 radical (unpaired) electrons. The number of carboxylic acids is 1. The number of rotatable bonds is 5. The maximum atomic E-state index is 11.7. The SMILES string of the molecule is O=C(O)C(O)=CC(=O)c1cc(Cc2ccccc2)cs1. The second-order valence-corrected chi connectivity index (χ2v) is 5.09. The molecule has 0 bridgehead atoms. The molecule has 0 atom stereocenters. The van der Waals surface area contributed by atoms with E-state index in [2.05, 4.69) is 0 Å². The summed E-state index contributed by atoms with van der Waals surface area (Å²) in [6.07, 6.45) is 1.43. The van der Waals surface area contributed by atoms with Crippen molar-refractivity contribution in [1.82, 2.24) is 0 Å². The Balaban J connectivity index is 2.11. The highest BCUT2D eigenvalue weighted by Gasteiger charge is 2.11. The molecular formula is C15H12O4S. The van der Waals surface area contributed by atoms with Crippen molar-refractivity contribution in [1.29, 1.82) is 0 Å². The van der Waals surface area contributed by atoms with E-state index in [1.807, 2.05) is 35.7 Å². The fourth-order valence-corrected chi connectivity index (χ4v) is 2.51. The molecule has 0 spiro atoms. The lowest BCUT2D eigenvalue weighted by Gasteiger charge is -1.97. The molecule has 0 aliphatic heterocycles. The summed E-state index contributed by atoms with van der Waals surface area (Å²) >= 11 is 1.23. The zero-order valence-corrected chi connectivity index (χ0v) is 11.3. The van der Waals surface area contributed by atoms with E-state index in [0.29, 0.717) is 11.3 Å². The molecule has 0 saturated heterocycles. The fraction of sp³-hybridized carbons (Fsp3) is 0.0667. The highest BCUT2D eigenvalue weighted by atomic mass is 32.1. The van der Waals surface area contributed by atoms with Gasteiger partial charge in [0, 0.05) is 6.08 Å². The van der Waals surface area contributed by atoms with Crippen molar-refractivity contribution in [3.8, 4) is 0 Å². The fourth-order valence-electron chi connectivity index (χ4n) is 1.69. The van der Waals surface area contributed by atoms with Crippen molar-refractivity contribution in [2.75, 3.05) is 0 Å². The number of carbonyl (C=O) groups excluding carboxylic acids is 1. The standard InChI is InChI=1S/C15H12O4S/c16-12(8-13(17)15(18)19)14-7-11(9-20-14)6-10-4-2-1-3-5-10/h1-5,7-9,17H,6H2,(H,18,19). The highest BCUT2D eigenvalue weighted by Crippen LogP contribution is 2.19. The van der Waals surface area contributed by atoms with E-state index in [4.69, 9.17) is 10.2 Å². The summed E-state index contributed by atoms with van der Waals surface area (Å²) < 4.78 is 0. The number of benzene rings is 1. The second kappa shape index (κ2) is 6.16. The molecule has 0 unspecified atom stereocenters. The van der Waals surface area contributed by atoms with Crippen LogP contribution in [0.5, 0.6) is 0 Å². The molecule has 4 nitrogen and oxygen atoms in total. The number of ketones is 1. The topological polar surface area (TPSA) is 74.6 Å². The van der Waals surface area contributed by atoms with Gasteiger partial charge in [0.1, 0.15) is 0 Å². The van der Waals surface area contributed by atoms with Crippen molar-refractivity contribution in [3.63, 3.8) is 0 Å². The van der Waals surface area contributed by atoms with Crippen LogP contribution in [0, 0.1) is 0 Å². The van der Waals surface area contributed by atoms with Crippen LogP contribution in [0.2, 0.25) is 0 Å². The number of allylic oxidation sites excluding steroid dienone is 1. The first-order chi connectivity index (χ1) is 9.56. The number of thiophene rings is 1. The molecule has 2 aromatic rings. The van der Waals surface area contributed by atoms with E-state index in [-0.39, 0.29) is 0 Å². The number of hydrogen-bond donors (Lipinski definition) is 2. The monoisotopic (exact) mass is 288 g/mol. The molecule has 1 aromatic carbocycles. The van der Waals surface area contributed by atoms with Gasteiger partial charge in [-0.3, -0.25) is 4.79 Å². The molecule has 20 heavy (non-hydrogen) atoms. The van der Waals surface area contributed by atoms with Gasteiger partial charge < -0.3 is 10.2 Å². The Morgan fingerprint density at radius 3 is 2.45 bits per heavy atom. The first-order valence-corrected chi connectivity index (χ1v) is 6.74. The predicted octanol–water partition coefficient (Wildman–Crippen LogP) is 3.05. The summed E-state index contributed by atoms with van der Waals surface area (Å²) in [5.74, 6) is -2.97. The lowest BCUT2D eigenvalue weighted by Crippen LogP contribution is -2.02. The van der Waals surface area contributed by atoms with Gasteiger partial charge in [0.05, 0.1) is 4.88 Å². The molecule has 0 saturated carbocycles. The Bertz CT molecular complexity index is 656. The average molecular weight is 288 g/mol. The molecule has 1 aromatic heterocycles. The number of aliphatic carboxylic acids is 1. The van der Waals surface area contributed by atoms with Crippen LogP contribution in [0.4, 0.5) is 0 Å². The van der Waals surface area contributed by atoms with E-state index in [1.165, 1.54) is 11.3 Å². The van der Waals surface area contributed by atoms with E-state index in [0.717, 1.165) is 17.2 Å². The van der Waals surface area contributed by atoms with Gasteiger partial charge in [0.25, 0.3) is 0 Å². The van der Waals surface area contributed by atoms with Gasteiger partial charge in [0.2, 0.25) is 5.76 Å². The van der Waals surface area contributed by atoms with Crippen molar-refractivity contribution >= 4 is 23.1 Å². The van der Waals surface area contributed by atoms with Crippen LogP contribution in [0.1, 0.15) is 20.8 Å². The largest absolute Gasteiger partial charge is 0.502 e. The molecule has 0 aliphatic rings. The van der Waals surface area contributed by atoms with E-state index in [1.54, 1.807) is 6.07 Å². The molecule has 0 aliphatic carbocycles. The zero-order valence-electron chi connectivity index (χ0n) is 10.4. The summed E-state index contributed by atoms with van der Waals surface area (Å²) in [7, 11) is 0. The molecule has 1 heterocycles. The Morgan fingerprint density at radius 1 is 1.10 bits per heavy atom. The summed E-state index contributed by atoms with van der Waals surface area (Å²) in [6.45, 7) is 0. The number of aliphatic hydroxyl groups excluding tert-OH is 1. The van der Waals surface area contributed by atoms with E-state index >= 15 is 0 Å². The lowest BCUT2D eigenvalue weighted by atomic mass is 10.1. The zero-order chi connectivity index (χ0) is 14.5. The number of aliphatic hydroxyl groups is 1. The first kappa shape index (κ1) is 14.0. The van der Waals surface area contributed by atoms with Crippen molar-refractivity contribution in [2.45, 2.75) is 6.42 Å². The van der Waals surface area contributed by atoms with Crippen molar-refractivity contribution in [3.05, 3.63) is 69.6 Å². The van der Waals surface area contributed by atoms with Gasteiger partial charge in [-0.05, 0) is 29.0 Å². The van der Waals surface area contributed by atoms with E-state index in [9.17, 15) is 9.59 Å². The maximum absolute atomic E-state index is 11.7. The first-order valence-electron chi connectivity index (χ1n) is 5.86. The molecule has 0 fully saturated rings. The minimum absolute atomic E-state index is 0.406. The Hall–Kier alpha value is -2.40. The Morgan fingerprint density at radius 2 is 1.80 bits per heavy atom. The number of carbonyl (C=O) groups is 2. The molecular weight excluding hydrogens is 276 g/mol. The molecule has 102 valence electrons. The normalized spacial score (nSPS) is 11.3. The van der Waals surface area contributed by atoms with Gasteiger partial charge in [-0.15, -0.1) is 11.3 Å². The Labute approximate surface area is 119 Å². The van der Waals surface area contributed by atoms with Crippen LogP contribution in [-0.4, -0.2) is 22.0 Å². The third-order valence-corrected chi connectivity index (χ3v) is 3.63. The van der Waals surface area contributed by atoms with Crippen LogP contribution >= 0.6 is 11.3 Å². The quantitative estimate of drug-likeness (QED) is 0.504.